The molecule has 0 saturated carbocycles. The van der Waals surface area contributed by atoms with Crippen molar-refractivity contribution in [2.75, 3.05) is 0 Å². The van der Waals surface area contributed by atoms with Crippen molar-refractivity contribution >= 4 is 5.84 Å². The molecular weight excluding hydrogens is 252 g/mol. The zero-order chi connectivity index (χ0) is 14.4. The summed E-state index contributed by atoms with van der Waals surface area (Å²) in [6.45, 7) is 2.70. The summed E-state index contributed by atoms with van der Waals surface area (Å²) in [5, 5.41) is 15.3. The second kappa shape index (κ2) is 6.68. The van der Waals surface area contributed by atoms with Crippen molar-refractivity contribution in [3.05, 3.63) is 65.5 Å². The van der Waals surface area contributed by atoms with E-state index in [1.54, 1.807) is 6.20 Å². The zero-order valence-corrected chi connectivity index (χ0v) is 11.3. The first-order chi connectivity index (χ1) is 9.72. The van der Waals surface area contributed by atoms with Gasteiger partial charge in [0.25, 0.3) is 0 Å². The van der Waals surface area contributed by atoms with Crippen LogP contribution in [0.25, 0.3) is 0 Å². The standard InChI is InChI=1S/C15H18N4O/c1-11(12-6-4-8-17-9-12)18-10-13-5-2-3-7-14(13)15(16)19-20/h2-9,11,18,20H,10H2,1H3,(H2,16,19)/t11-/m1/s1. The van der Waals surface area contributed by atoms with Crippen LogP contribution >= 0.6 is 0 Å². The summed E-state index contributed by atoms with van der Waals surface area (Å²) >= 11 is 0. The Hall–Kier alpha value is -2.40. The number of amidine groups is 1. The summed E-state index contributed by atoms with van der Waals surface area (Å²) in [4.78, 5) is 4.11. The van der Waals surface area contributed by atoms with Crippen LogP contribution in [0.5, 0.6) is 0 Å². The van der Waals surface area contributed by atoms with E-state index < -0.39 is 0 Å². The van der Waals surface area contributed by atoms with Crippen LogP contribution in [-0.4, -0.2) is 16.0 Å². The van der Waals surface area contributed by atoms with Gasteiger partial charge in [-0.2, -0.15) is 0 Å². The lowest BCUT2D eigenvalue weighted by atomic mass is 10.1. The molecule has 1 heterocycles. The molecule has 4 N–H and O–H groups in total. The average molecular weight is 270 g/mol. The number of pyridine rings is 1. The largest absolute Gasteiger partial charge is 0.409 e. The number of benzene rings is 1. The lowest BCUT2D eigenvalue weighted by Gasteiger charge is -2.15. The van der Waals surface area contributed by atoms with Crippen molar-refractivity contribution in [2.45, 2.75) is 19.5 Å². The first-order valence-electron chi connectivity index (χ1n) is 6.41. The van der Waals surface area contributed by atoms with Gasteiger partial charge in [0.1, 0.15) is 0 Å². The minimum Gasteiger partial charge on any atom is -0.409 e. The molecule has 0 amide bonds. The Balaban J connectivity index is 2.08. The third-order valence-electron chi connectivity index (χ3n) is 3.18. The average Bonchev–Trinajstić information content (AvgIpc) is 2.53. The fourth-order valence-electron chi connectivity index (χ4n) is 1.99. The molecule has 1 atom stereocenters. The number of nitrogens with zero attached hydrogens (tertiary/aromatic N) is 2. The number of rotatable bonds is 5. The summed E-state index contributed by atoms with van der Waals surface area (Å²) in [6, 6.07) is 11.7. The third kappa shape index (κ3) is 3.33. The Bertz CT molecular complexity index is 583. The van der Waals surface area contributed by atoms with Gasteiger partial charge in [-0.05, 0) is 24.1 Å². The van der Waals surface area contributed by atoms with Crippen LogP contribution in [0.1, 0.15) is 29.7 Å². The monoisotopic (exact) mass is 270 g/mol. The van der Waals surface area contributed by atoms with Gasteiger partial charge in [0.15, 0.2) is 5.84 Å². The molecular formula is C15H18N4O. The molecule has 0 unspecified atom stereocenters. The Morgan fingerprint density at radius 3 is 2.85 bits per heavy atom. The van der Waals surface area contributed by atoms with Crippen molar-refractivity contribution in [1.82, 2.24) is 10.3 Å². The molecule has 20 heavy (non-hydrogen) atoms. The Morgan fingerprint density at radius 2 is 2.15 bits per heavy atom. The second-order valence-electron chi connectivity index (χ2n) is 4.53. The number of hydrogen-bond acceptors (Lipinski definition) is 4. The molecule has 2 aromatic rings. The highest BCUT2D eigenvalue weighted by Gasteiger charge is 2.09. The molecule has 0 fully saturated rings. The number of nitrogens with two attached hydrogens (primary N) is 1. The fourth-order valence-corrected chi connectivity index (χ4v) is 1.99. The SMILES string of the molecule is C[C@@H](NCc1ccccc1/C(N)=N/O)c1cccnc1. The van der Waals surface area contributed by atoms with Crippen LogP contribution in [0.4, 0.5) is 0 Å². The van der Waals surface area contributed by atoms with Crippen LogP contribution < -0.4 is 11.1 Å². The van der Waals surface area contributed by atoms with Gasteiger partial charge in [0.05, 0.1) is 0 Å². The highest BCUT2D eigenvalue weighted by Crippen LogP contribution is 2.13. The predicted octanol–water partition coefficient (Wildman–Crippen LogP) is 2.03. The lowest BCUT2D eigenvalue weighted by Crippen LogP contribution is -2.22. The molecule has 104 valence electrons. The first-order valence-corrected chi connectivity index (χ1v) is 6.41. The molecule has 0 radical (unpaired) electrons. The second-order valence-corrected chi connectivity index (χ2v) is 4.53. The summed E-state index contributed by atoms with van der Waals surface area (Å²) < 4.78 is 0. The Labute approximate surface area is 118 Å². The van der Waals surface area contributed by atoms with Crippen LogP contribution in [0, 0.1) is 0 Å². The van der Waals surface area contributed by atoms with E-state index >= 15 is 0 Å². The first kappa shape index (κ1) is 14.0. The van der Waals surface area contributed by atoms with Crippen LogP contribution in [-0.2, 0) is 6.54 Å². The molecule has 5 nitrogen and oxygen atoms in total. The smallest absolute Gasteiger partial charge is 0.170 e. The molecule has 2 rings (SSSR count). The molecule has 1 aromatic carbocycles. The molecule has 0 spiro atoms. The van der Waals surface area contributed by atoms with Crippen molar-refractivity contribution in [3.8, 4) is 0 Å². The predicted molar refractivity (Wildman–Crippen MR) is 78.4 cm³/mol. The van der Waals surface area contributed by atoms with Crippen LogP contribution in [0.2, 0.25) is 0 Å². The van der Waals surface area contributed by atoms with E-state index in [0.29, 0.717) is 6.54 Å². The normalized spacial score (nSPS) is 13.2. The maximum Gasteiger partial charge on any atom is 0.170 e. The topological polar surface area (TPSA) is 83.5 Å². The quantitative estimate of drug-likeness (QED) is 0.336. The van der Waals surface area contributed by atoms with Gasteiger partial charge in [-0.3, -0.25) is 4.98 Å². The van der Waals surface area contributed by atoms with Crippen molar-refractivity contribution < 1.29 is 5.21 Å². The Kier molecular flexibility index (Phi) is 4.68. The number of oxime groups is 1. The highest BCUT2D eigenvalue weighted by atomic mass is 16.4. The van der Waals surface area contributed by atoms with Crippen LogP contribution in [0.3, 0.4) is 0 Å². The molecule has 0 bridgehead atoms. The number of aromatic nitrogens is 1. The van der Waals surface area contributed by atoms with Crippen molar-refractivity contribution in [2.24, 2.45) is 10.9 Å². The number of hydrogen-bond donors (Lipinski definition) is 3. The maximum absolute atomic E-state index is 8.80. The van der Waals surface area contributed by atoms with Gasteiger partial charge in [0.2, 0.25) is 0 Å². The molecule has 0 aliphatic rings. The van der Waals surface area contributed by atoms with E-state index in [1.807, 2.05) is 42.6 Å². The third-order valence-corrected chi connectivity index (χ3v) is 3.18. The molecule has 0 saturated heterocycles. The molecule has 5 heteroatoms. The fraction of sp³-hybridized carbons (Fsp3) is 0.200. The van der Waals surface area contributed by atoms with E-state index in [-0.39, 0.29) is 11.9 Å². The van der Waals surface area contributed by atoms with Crippen LogP contribution in [0.15, 0.2) is 53.9 Å². The molecule has 1 aromatic heterocycles. The van der Waals surface area contributed by atoms with Crippen molar-refractivity contribution in [1.29, 1.82) is 0 Å². The van der Waals surface area contributed by atoms with Crippen molar-refractivity contribution in [3.63, 3.8) is 0 Å². The zero-order valence-electron chi connectivity index (χ0n) is 11.3. The van der Waals surface area contributed by atoms with Gasteiger partial charge in [-0.15, -0.1) is 0 Å². The van der Waals surface area contributed by atoms with E-state index in [1.165, 1.54) is 0 Å². The van der Waals surface area contributed by atoms with Gasteiger partial charge < -0.3 is 16.3 Å². The van der Waals surface area contributed by atoms with Gasteiger partial charge >= 0.3 is 0 Å². The van der Waals surface area contributed by atoms with E-state index in [9.17, 15) is 0 Å². The molecule has 0 aliphatic heterocycles. The minimum absolute atomic E-state index is 0.122. The summed E-state index contributed by atoms with van der Waals surface area (Å²) in [5.74, 6) is 0.122. The highest BCUT2D eigenvalue weighted by molar-refractivity contribution is 5.98. The van der Waals surface area contributed by atoms with Gasteiger partial charge in [0, 0.05) is 30.5 Å². The van der Waals surface area contributed by atoms with Gasteiger partial charge in [-0.1, -0.05) is 35.5 Å². The number of nitrogens with one attached hydrogen (secondary N) is 1. The van der Waals surface area contributed by atoms with Gasteiger partial charge in [-0.25, -0.2) is 0 Å². The summed E-state index contributed by atoms with van der Waals surface area (Å²) in [5.41, 5.74) is 8.52. The van der Waals surface area contributed by atoms with E-state index in [2.05, 4.69) is 22.4 Å². The summed E-state index contributed by atoms with van der Waals surface area (Å²) in [6.07, 6.45) is 3.59. The lowest BCUT2D eigenvalue weighted by molar-refractivity contribution is 0.318. The summed E-state index contributed by atoms with van der Waals surface area (Å²) in [7, 11) is 0. The van der Waals surface area contributed by atoms with E-state index in [4.69, 9.17) is 10.9 Å². The molecule has 0 aliphatic carbocycles. The van der Waals surface area contributed by atoms with E-state index in [0.717, 1.165) is 16.7 Å². The Morgan fingerprint density at radius 1 is 1.35 bits per heavy atom. The minimum atomic E-state index is 0.122. The maximum atomic E-state index is 8.80.